The van der Waals surface area contributed by atoms with Crippen molar-refractivity contribution in [1.29, 1.82) is 0 Å². The van der Waals surface area contributed by atoms with E-state index in [0.29, 0.717) is 12.0 Å². The molecule has 2 aliphatic rings. The van der Waals surface area contributed by atoms with Crippen LogP contribution in [0.1, 0.15) is 93.3 Å². The van der Waals surface area contributed by atoms with Crippen molar-refractivity contribution in [2.45, 2.75) is 65.8 Å². The first-order valence-electron chi connectivity index (χ1n) is 19.2. The van der Waals surface area contributed by atoms with Gasteiger partial charge in [0.1, 0.15) is 0 Å². The van der Waals surface area contributed by atoms with Crippen molar-refractivity contribution in [3.8, 4) is 0 Å². The summed E-state index contributed by atoms with van der Waals surface area (Å²) in [6, 6.07) is 52.3. The quantitative estimate of drug-likeness (QED) is 0.114. The normalized spacial score (nSPS) is 16.5. The predicted octanol–water partition coefficient (Wildman–Crippen LogP) is 13.8. The van der Waals surface area contributed by atoms with Gasteiger partial charge in [0.15, 0.2) is 0 Å². The van der Waals surface area contributed by atoms with Crippen LogP contribution in [0.3, 0.4) is 0 Å². The van der Waals surface area contributed by atoms with E-state index in [-0.39, 0.29) is 0 Å². The molecular weight excluding hydrogens is 639 g/mol. The molecule has 262 valence electrons. The number of rotatable bonds is 8. The lowest BCUT2D eigenvalue weighted by molar-refractivity contribution is 0.642. The highest BCUT2D eigenvalue weighted by atomic mass is 15.2. The molecule has 0 bridgehead atoms. The van der Waals surface area contributed by atoms with Crippen LogP contribution in [0, 0.1) is 27.7 Å². The second-order valence-corrected chi connectivity index (χ2v) is 15.3. The zero-order valence-electron chi connectivity index (χ0n) is 31.7. The lowest BCUT2D eigenvalue weighted by Crippen LogP contribution is -2.26. The molecule has 0 N–H and O–H groups in total. The van der Waals surface area contributed by atoms with E-state index in [1.807, 2.05) is 0 Å². The Kier molecular flexibility index (Phi) is 9.59. The largest absolute Gasteiger partial charge is 0.338 e. The summed E-state index contributed by atoms with van der Waals surface area (Å²) < 4.78 is 0. The van der Waals surface area contributed by atoms with Gasteiger partial charge >= 0.3 is 0 Å². The van der Waals surface area contributed by atoms with Crippen molar-refractivity contribution in [1.82, 2.24) is 0 Å². The Hall–Kier alpha value is -5.66. The third kappa shape index (κ3) is 7.09. The van der Waals surface area contributed by atoms with Crippen molar-refractivity contribution in [3.63, 3.8) is 0 Å². The smallest absolute Gasteiger partial charge is 0.0450 e. The Morgan fingerprint density at radius 2 is 1.26 bits per heavy atom. The second kappa shape index (κ2) is 14.8. The number of hydrogen-bond donors (Lipinski definition) is 0. The zero-order valence-corrected chi connectivity index (χ0v) is 31.7. The molecule has 6 aromatic rings. The summed E-state index contributed by atoms with van der Waals surface area (Å²) in [5.41, 5.74) is 20.7. The molecular formula is C52H49N. The average Bonchev–Trinajstić information content (AvgIpc) is 3.75. The molecule has 1 aliphatic heterocycles. The van der Waals surface area contributed by atoms with Crippen LogP contribution >= 0.6 is 0 Å². The molecule has 1 saturated carbocycles. The SMILES string of the molecule is CC(/C=C/c1ccc2c(c1)C1CCCC1N2c1ccc(/C=C(\c2ccccc2)c2ccc(C)cc2C)cc1)=C(c1cccc(C)c1)c1cccc(C)c1. The molecule has 2 atom stereocenters. The average molecular weight is 688 g/mol. The molecule has 6 aromatic carbocycles. The third-order valence-electron chi connectivity index (χ3n) is 11.3. The summed E-state index contributed by atoms with van der Waals surface area (Å²) in [6.45, 7) is 11.0. The Balaban J connectivity index is 1.11. The highest BCUT2D eigenvalue weighted by Gasteiger charge is 2.42. The van der Waals surface area contributed by atoms with Crippen LogP contribution in [0.15, 0.2) is 151 Å². The van der Waals surface area contributed by atoms with Gasteiger partial charge < -0.3 is 4.90 Å². The summed E-state index contributed by atoms with van der Waals surface area (Å²) >= 11 is 0. The second-order valence-electron chi connectivity index (χ2n) is 15.3. The summed E-state index contributed by atoms with van der Waals surface area (Å²) in [6.07, 6.45) is 10.7. The molecule has 1 heterocycles. The maximum Gasteiger partial charge on any atom is 0.0450 e. The Morgan fingerprint density at radius 1 is 0.604 bits per heavy atom. The number of fused-ring (bicyclic) bond motifs is 3. The number of allylic oxidation sites excluding steroid dienone is 2. The van der Waals surface area contributed by atoms with E-state index in [1.165, 1.54) is 109 Å². The van der Waals surface area contributed by atoms with Gasteiger partial charge in [-0.1, -0.05) is 151 Å². The van der Waals surface area contributed by atoms with Gasteiger partial charge in [-0.3, -0.25) is 0 Å². The minimum atomic E-state index is 0.511. The van der Waals surface area contributed by atoms with Gasteiger partial charge in [0.25, 0.3) is 0 Å². The van der Waals surface area contributed by atoms with Crippen molar-refractivity contribution in [2.75, 3.05) is 4.90 Å². The standard InChI is InChI=1S/C52H49N/c1-35-12-9-16-43(31-35)52(44-17-10-13-36(2)32-44)38(4)21-22-40-25-29-51-49(34-40)47-18-11-19-50(47)53(51)45-26-23-41(24-27-45)33-48(42-14-7-6-8-15-42)46-28-20-37(3)30-39(46)5/h6-10,12-17,20-34,47,50H,11,18-19H2,1-5H3/b22-21+,48-33+. The van der Waals surface area contributed by atoms with E-state index >= 15 is 0 Å². The summed E-state index contributed by atoms with van der Waals surface area (Å²) in [5.74, 6) is 0.568. The van der Waals surface area contributed by atoms with Crippen LogP contribution in [-0.2, 0) is 0 Å². The van der Waals surface area contributed by atoms with Crippen LogP contribution in [0.4, 0.5) is 11.4 Å². The fourth-order valence-corrected chi connectivity index (χ4v) is 8.79. The fourth-order valence-electron chi connectivity index (χ4n) is 8.79. The summed E-state index contributed by atoms with van der Waals surface area (Å²) in [7, 11) is 0. The predicted molar refractivity (Wildman–Crippen MR) is 228 cm³/mol. The van der Waals surface area contributed by atoms with Crippen LogP contribution < -0.4 is 4.90 Å². The van der Waals surface area contributed by atoms with E-state index in [0.717, 1.165) is 0 Å². The maximum atomic E-state index is 2.63. The molecule has 1 nitrogen and oxygen atoms in total. The van der Waals surface area contributed by atoms with E-state index in [9.17, 15) is 0 Å². The molecule has 0 saturated heterocycles. The molecule has 0 spiro atoms. The minimum Gasteiger partial charge on any atom is -0.338 e. The topological polar surface area (TPSA) is 3.24 Å². The van der Waals surface area contributed by atoms with E-state index < -0.39 is 0 Å². The number of hydrogen-bond acceptors (Lipinski definition) is 1. The minimum absolute atomic E-state index is 0.511. The van der Waals surface area contributed by atoms with Crippen LogP contribution in [0.5, 0.6) is 0 Å². The fraction of sp³-hybridized carbons (Fsp3) is 0.192. The molecule has 2 unspecified atom stereocenters. The van der Waals surface area contributed by atoms with Crippen molar-refractivity contribution < 1.29 is 0 Å². The lowest BCUT2D eigenvalue weighted by atomic mass is 9.91. The molecule has 53 heavy (non-hydrogen) atoms. The van der Waals surface area contributed by atoms with Crippen LogP contribution in [0.2, 0.25) is 0 Å². The van der Waals surface area contributed by atoms with Crippen molar-refractivity contribution in [2.24, 2.45) is 0 Å². The number of anilines is 2. The van der Waals surface area contributed by atoms with E-state index in [1.54, 1.807) is 0 Å². The molecule has 1 heteroatoms. The van der Waals surface area contributed by atoms with E-state index in [2.05, 4.69) is 197 Å². The van der Waals surface area contributed by atoms with Gasteiger partial charge in [-0.25, -0.2) is 0 Å². The molecule has 8 rings (SSSR count). The lowest BCUT2D eigenvalue weighted by Gasteiger charge is -2.27. The number of nitrogens with zero attached hydrogens (tertiary/aromatic N) is 1. The van der Waals surface area contributed by atoms with Crippen LogP contribution in [-0.4, -0.2) is 6.04 Å². The van der Waals surface area contributed by atoms with Crippen molar-refractivity contribution in [3.05, 3.63) is 212 Å². The first kappa shape index (κ1) is 34.4. The van der Waals surface area contributed by atoms with Gasteiger partial charge in [0.2, 0.25) is 0 Å². The first-order chi connectivity index (χ1) is 25.8. The monoisotopic (exact) mass is 687 g/mol. The third-order valence-corrected chi connectivity index (χ3v) is 11.3. The Bertz CT molecular complexity index is 2320. The van der Waals surface area contributed by atoms with Gasteiger partial charge in [-0.15, -0.1) is 0 Å². The van der Waals surface area contributed by atoms with Crippen molar-refractivity contribution >= 4 is 34.7 Å². The zero-order chi connectivity index (χ0) is 36.5. The highest BCUT2D eigenvalue weighted by molar-refractivity contribution is 5.93. The molecule has 0 aromatic heterocycles. The molecule has 1 fully saturated rings. The summed E-state index contributed by atoms with van der Waals surface area (Å²) in [4.78, 5) is 2.63. The maximum absolute atomic E-state index is 2.63. The first-order valence-corrected chi connectivity index (χ1v) is 19.2. The van der Waals surface area contributed by atoms with Crippen LogP contribution in [0.25, 0.3) is 23.3 Å². The van der Waals surface area contributed by atoms with E-state index in [4.69, 9.17) is 0 Å². The highest BCUT2D eigenvalue weighted by Crippen LogP contribution is 2.52. The molecule has 0 radical (unpaired) electrons. The molecule has 0 amide bonds. The van der Waals surface area contributed by atoms with Gasteiger partial charge in [0.05, 0.1) is 0 Å². The number of benzene rings is 6. The van der Waals surface area contributed by atoms with Gasteiger partial charge in [0, 0.05) is 23.3 Å². The molecule has 1 aliphatic carbocycles. The van der Waals surface area contributed by atoms with Gasteiger partial charge in [-0.05, 0) is 139 Å². The summed E-state index contributed by atoms with van der Waals surface area (Å²) in [5, 5.41) is 0. The Morgan fingerprint density at radius 3 is 1.94 bits per heavy atom. The number of aryl methyl sites for hydroxylation is 4. The Labute approximate surface area is 316 Å². The van der Waals surface area contributed by atoms with Gasteiger partial charge in [-0.2, -0.15) is 0 Å².